The largest absolute Gasteiger partial charge is 0.396 e. The summed E-state index contributed by atoms with van der Waals surface area (Å²) in [7, 11) is 1.60. The summed E-state index contributed by atoms with van der Waals surface area (Å²) in [6.45, 7) is 0.553. The predicted octanol–water partition coefficient (Wildman–Crippen LogP) is 0.778. The Hall–Kier alpha value is -1.40. The standard InChI is InChI=1S/C12H20N4O2/c1-18-7-12-15-10(13)5-11(16-12)14-9-4-2-3-8(9)6-17/h5,8-9,17H,2-4,6-7H2,1H3,(H3,13,14,15,16). The Kier molecular flexibility index (Phi) is 4.33. The summed E-state index contributed by atoms with van der Waals surface area (Å²) in [5.74, 6) is 2.00. The molecule has 0 aromatic carbocycles. The van der Waals surface area contributed by atoms with Crippen LogP contribution in [-0.2, 0) is 11.3 Å². The molecule has 1 fully saturated rings. The number of nitrogen functional groups attached to an aromatic ring is 1. The second-order valence-corrected chi connectivity index (χ2v) is 4.65. The minimum atomic E-state index is 0.211. The maximum atomic E-state index is 9.29. The van der Waals surface area contributed by atoms with Gasteiger partial charge in [0.1, 0.15) is 18.2 Å². The average molecular weight is 252 g/mol. The molecule has 0 bridgehead atoms. The maximum Gasteiger partial charge on any atom is 0.158 e. The van der Waals surface area contributed by atoms with E-state index in [1.54, 1.807) is 13.2 Å². The van der Waals surface area contributed by atoms with Crippen molar-refractivity contribution in [2.45, 2.75) is 31.9 Å². The zero-order chi connectivity index (χ0) is 13.0. The SMILES string of the molecule is COCc1nc(N)cc(NC2CCCC2CO)n1. The van der Waals surface area contributed by atoms with Crippen LogP contribution in [0.1, 0.15) is 25.1 Å². The van der Waals surface area contributed by atoms with Crippen LogP contribution in [0.15, 0.2) is 6.07 Å². The second kappa shape index (κ2) is 5.97. The van der Waals surface area contributed by atoms with Crippen LogP contribution < -0.4 is 11.1 Å². The Bertz CT molecular complexity index is 400. The van der Waals surface area contributed by atoms with E-state index in [1.165, 1.54) is 0 Å². The number of rotatable bonds is 5. The van der Waals surface area contributed by atoms with E-state index in [4.69, 9.17) is 10.5 Å². The Balaban J connectivity index is 2.08. The summed E-state index contributed by atoms with van der Waals surface area (Å²) in [5.41, 5.74) is 5.74. The number of aliphatic hydroxyl groups excluding tert-OH is 1. The van der Waals surface area contributed by atoms with Gasteiger partial charge >= 0.3 is 0 Å². The van der Waals surface area contributed by atoms with Gasteiger partial charge in [-0.2, -0.15) is 0 Å². The lowest BCUT2D eigenvalue weighted by Gasteiger charge is -2.20. The first kappa shape index (κ1) is 13.0. The number of ether oxygens (including phenoxy) is 1. The summed E-state index contributed by atoms with van der Waals surface area (Å²) >= 11 is 0. The quantitative estimate of drug-likeness (QED) is 0.717. The lowest BCUT2D eigenvalue weighted by atomic mass is 10.1. The van der Waals surface area contributed by atoms with Crippen LogP contribution in [0.25, 0.3) is 0 Å². The van der Waals surface area contributed by atoms with Crippen molar-refractivity contribution in [1.29, 1.82) is 0 Å². The summed E-state index contributed by atoms with van der Waals surface area (Å²) in [6.07, 6.45) is 3.24. The highest BCUT2D eigenvalue weighted by molar-refractivity contribution is 5.45. The van der Waals surface area contributed by atoms with Crippen LogP contribution in [0.4, 0.5) is 11.6 Å². The number of aliphatic hydroxyl groups is 1. The van der Waals surface area contributed by atoms with Gasteiger partial charge in [-0.25, -0.2) is 9.97 Å². The lowest BCUT2D eigenvalue weighted by Crippen LogP contribution is -2.27. The Morgan fingerprint density at radius 3 is 3.06 bits per heavy atom. The van der Waals surface area contributed by atoms with E-state index >= 15 is 0 Å². The minimum absolute atomic E-state index is 0.211. The fourth-order valence-corrected chi connectivity index (χ4v) is 2.42. The number of nitrogens with two attached hydrogens (primary N) is 1. The molecule has 1 aliphatic carbocycles. The summed E-state index contributed by atoms with van der Waals surface area (Å²) in [6, 6.07) is 1.98. The molecule has 1 saturated carbocycles. The van der Waals surface area contributed by atoms with Crippen molar-refractivity contribution in [3.63, 3.8) is 0 Å². The highest BCUT2D eigenvalue weighted by Gasteiger charge is 2.26. The zero-order valence-electron chi connectivity index (χ0n) is 10.6. The molecule has 1 heterocycles. The molecule has 2 atom stereocenters. The first-order chi connectivity index (χ1) is 8.72. The van der Waals surface area contributed by atoms with Gasteiger partial charge in [-0.3, -0.25) is 0 Å². The molecule has 0 amide bonds. The third-order valence-corrected chi connectivity index (χ3v) is 3.29. The number of nitrogens with one attached hydrogen (secondary N) is 1. The molecule has 18 heavy (non-hydrogen) atoms. The van der Waals surface area contributed by atoms with Crippen LogP contribution in [0.3, 0.4) is 0 Å². The fourth-order valence-electron chi connectivity index (χ4n) is 2.42. The molecule has 1 aromatic heterocycles. The van der Waals surface area contributed by atoms with Crippen LogP contribution in [0.5, 0.6) is 0 Å². The third-order valence-electron chi connectivity index (χ3n) is 3.29. The van der Waals surface area contributed by atoms with Gasteiger partial charge in [0.05, 0.1) is 0 Å². The van der Waals surface area contributed by atoms with Gasteiger partial charge in [0.15, 0.2) is 5.82 Å². The van der Waals surface area contributed by atoms with Gasteiger partial charge in [-0.15, -0.1) is 0 Å². The number of hydrogen-bond acceptors (Lipinski definition) is 6. The van der Waals surface area contributed by atoms with Crippen LogP contribution >= 0.6 is 0 Å². The second-order valence-electron chi connectivity index (χ2n) is 4.65. The van der Waals surface area contributed by atoms with E-state index in [1.807, 2.05) is 0 Å². The summed E-state index contributed by atoms with van der Waals surface area (Å²) in [5, 5.41) is 12.6. The molecular weight excluding hydrogens is 232 g/mol. The molecule has 100 valence electrons. The van der Waals surface area contributed by atoms with Crippen molar-refractivity contribution in [2.75, 3.05) is 24.8 Å². The molecule has 0 radical (unpaired) electrons. The number of nitrogens with zero attached hydrogens (tertiary/aromatic N) is 2. The molecule has 0 spiro atoms. The van der Waals surface area contributed by atoms with Crippen molar-refractivity contribution < 1.29 is 9.84 Å². The normalized spacial score (nSPS) is 23.2. The average Bonchev–Trinajstić information content (AvgIpc) is 2.76. The number of anilines is 2. The highest BCUT2D eigenvalue weighted by atomic mass is 16.5. The Morgan fingerprint density at radius 1 is 1.50 bits per heavy atom. The molecule has 4 N–H and O–H groups in total. The van der Waals surface area contributed by atoms with Crippen molar-refractivity contribution in [1.82, 2.24) is 9.97 Å². The van der Waals surface area contributed by atoms with Crippen LogP contribution in [0.2, 0.25) is 0 Å². The van der Waals surface area contributed by atoms with Gasteiger partial charge < -0.3 is 20.9 Å². The highest BCUT2D eigenvalue weighted by Crippen LogP contribution is 2.27. The Morgan fingerprint density at radius 2 is 2.33 bits per heavy atom. The minimum Gasteiger partial charge on any atom is -0.396 e. The van der Waals surface area contributed by atoms with Crippen molar-refractivity contribution in [3.05, 3.63) is 11.9 Å². The molecular formula is C12H20N4O2. The summed E-state index contributed by atoms with van der Waals surface area (Å²) in [4.78, 5) is 8.44. The Labute approximate surface area is 107 Å². The van der Waals surface area contributed by atoms with Gasteiger partial charge in [-0.1, -0.05) is 6.42 Å². The topological polar surface area (TPSA) is 93.3 Å². The molecule has 2 rings (SSSR count). The molecule has 2 unspecified atom stereocenters. The maximum absolute atomic E-state index is 9.29. The number of hydrogen-bond donors (Lipinski definition) is 3. The molecule has 0 saturated heterocycles. The van der Waals surface area contributed by atoms with Gasteiger partial charge in [0, 0.05) is 31.7 Å². The van der Waals surface area contributed by atoms with Gasteiger partial charge in [0.25, 0.3) is 0 Å². The molecule has 0 aliphatic heterocycles. The fraction of sp³-hybridized carbons (Fsp3) is 0.667. The molecule has 6 heteroatoms. The smallest absolute Gasteiger partial charge is 0.158 e. The van der Waals surface area contributed by atoms with E-state index in [0.29, 0.717) is 30.0 Å². The first-order valence-corrected chi connectivity index (χ1v) is 6.22. The number of aromatic nitrogens is 2. The van der Waals surface area contributed by atoms with Crippen LogP contribution in [-0.4, -0.2) is 34.8 Å². The van der Waals surface area contributed by atoms with Gasteiger partial charge in [0.2, 0.25) is 0 Å². The monoisotopic (exact) mass is 252 g/mol. The van der Waals surface area contributed by atoms with E-state index in [-0.39, 0.29) is 12.6 Å². The lowest BCUT2D eigenvalue weighted by molar-refractivity contribution is 0.178. The number of methoxy groups -OCH3 is 1. The van der Waals surface area contributed by atoms with Crippen LogP contribution in [0, 0.1) is 5.92 Å². The molecule has 1 aromatic rings. The van der Waals surface area contributed by atoms with E-state index in [0.717, 1.165) is 19.3 Å². The molecule has 1 aliphatic rings. The summed E-state index contributed by atoms with van der Waals surface area (Å²) < 4.78 is 5.00. The van der Waals surface area contributed by atoms with E-state index in [9.17, 15) is 5.11 Å². The predicted molar refractivity (Wildman–Crippen MR) is 69.0 cm³/mol. The van der Waals surface area contributed by atoms with Crippen molar-refractivity contribution in [3.8, 4) is 0 Å². The third kappa shape index (κ3) is 3.08. The van der Waals surface area contributed by atoms with Crippen molar-refractivity contribution >= 4 is 11.6 Å². The van der Waals surface area contributed by atoms with Gasteiger partial charge in [-0.05, 0) is 12.8 Å². The van der Waals surface area contributed by atoms with E-state index in [2.05, 4.69) is 15.3 Å². The first-order valence-electron chi connectivity index (χ1n) is 6.22. The van der Waals surface area contributed by atoms with Crippen molar-refractivity contribution in [2.24, 2.45) is 5.92 Å². The zero-order valence-corrected chi connectivity index (χ0v) is 10.6. The molecule has 6 nitrogen and oxygen atoms in total. The van der Waals surface area contributed by atoms with E-state index < -0.39 is 0 Å².